The lowest BCUT2D eigenvalue weighted by atomic mass is 10.1. The van der Waals surface area contributed by atoms with Gasteiger partial charge in [-0.2, -0.15) is 0 Å². The fraction of sp³-hybridized carbons (Fsp3) is 0.115. The largest absolute Gasteiger partial charge is 0.493 e. The molecule has 12 heteroatoms. The molecule has 1 aliphatic rings. The maximum absolute atomic E-state index is 13.0. The van der Waals surface area contributed by atoms with Gasteiger partial charge in [0.15, 0.2) is 18.1 Å². The smallest absolute Gasteiger partial charge is 0.293 e. The Labute approximate surface area is 246 Å². The summed E-state index contributed by atoms with van der Waals surface area (Å²) < 4.78 is 11.6. The molecule has 0 spiro atoms. The molecule has 1 fully saturated rings. The first kappa shape index (κ1) is 28.3. The quantitative estimate of drug-likeness (QED) is 0.251. The summed E-state index contributed by atoms with van der Waals surface area (Å²) >= 11 is 22.7. The fourth-order valence-corrected chi connectivity index (χ4v) is 5.59. The summed E-state index contributed by atoms with van der Waals surface area (Å²) in [7, 11) is 1.45. The van der Waals surface area contributed by atoms with E-state index in [4.69, 9.17) is 44.3 Å². The number of nitrogens with zero attached hydrogens (tertiary/aromatic N) is 1. The number of hydrogen-bond donors (Lipinski definition) is 1. The van der Waals surface area contributed by atoms with Crippen LogP contribution in [0.1, 0.15) is 11.1 Å². The summed E-state index contributed by atoms with van der Waals surface area (Å²) in [6.45, 7) is -0.348. The van der Waals surface area contributed by atoms with Gasteiger partial charge in [-0.3, -0.25) is 19.3 Å². The average Bonchev–Trinajstić information content (AvgIpc) is 3.13. The van der Waals surface area contributed by atoms with E-state index in [1.807, 2.05) is 0 Å². The third kappa shape index (κ3) is 6.47. The van der Waals surface area contributed by atoms with Crippen LogP contribution in [0.5, 0.6) is 11.5 Å². The van der Waals surface area contributed by atoms with Gasteiger partial charge in [-0.15, -0.1) is 0 Å². The highest BCUT2D eigenvalue weighted by molar-refractivity contribution is 9.10. The Kier molecular flexibility index (Phi) is 9.27. The highest BCUT2D eigenvalue weighted by Gasteiger charge is 2.36. The first-order valence-electron chi connectivity index (χ1n) is 10.9. The Bertz CT molecular complexity index is 1450. The van der Waals surface area contributed by atoms with E-state index in [9.17, 15) is 14.4 Å². The Hall–Kier alpha value is -2.69. The van der Waals surface area contributed by atoms with Crippen molar-refractivity contribution in [2.75, 3.05) is 19.0 Å². The minimum atomic E-state index is -0.470. The average molecular weight is 657 g/mol. The second-order valence-corrected chi connectivity index (χ2v) is 10.9. The van der Waals surface area contributed by atoms with Gasteiger partial charge < -0.3 is 14.8 Å². The summed E-state index contributed by atoms with van der Waals surface area (Å²) in [5.41, 5.74) is 1.53. The van der Waals surface area contributed by atoms with Crippen LogP contribution in [0.25, 0.3) is 6.08 Å². The number of benzene rings is 3. The van der Waals surface area contributed by atoms with Crippen LogP contribution >= 0.6 is 62.5 Å². The van der Waals surface area contributed by atoms with Crippen molar-refractivity contribution in [2.24, 2.45) is 0 Å². The van der Waals surface area contributed by atoms with Crippen molar-refractivity contribution in [3.05, 3.63) is 90.2 Å². The summed E-state index contributed by atoms with van der Waals surface area (Å²) in [5.74, 6) is -0.273. The zero-order chi connectivity index (χ0) is 27.4. The van der Waals surface area contributed by atoms with E-state index >= 15 is 0 Å². The predicted octanol–water partition coefficient (Wildman–Crippen LogP) is 7.67. The number of para-hydroxylation sites is 1. The molecule has 7 nitrogen and oxygen atoms in total. The maximum Gasteiger partial charge on any atom is 0.293 e. The molecule has 0 atom stereocenters. The van der Waals surface area contributed by atoms with Crippen molar-refractivity contribution in [2.45, 2.75) is 6.54 Å². The summed E-state index contributed by atoms with van der Waals surface area (Å²) in [6.07, 6.45) is 1.57. The minimum Gasteiger partial charge on any atom is -0.493 e. The molecule has 0 unspecified atom stereocenters. The van der Waals surface area contributed by atoms with Gasteiger partial charge >= 0.3 is 0 Å². The van der Waals surface area contributed by atoms with Crippen LogP contribution in [-0.2, 0) is 16.1 Å². The number of rotatable bonds is 8. The third-order valence-corrected chi connectivity index (χ3v) is 7.83. The number of nitrogens with one attached hydrogen (secondary N) is 1. The molecule has 3 aromatic carbocycles. The second-order valence-electron chi connectivity index (χ2n) is 7.82. The first-order valence-corrected chi connectivity index (χ1v) is 13.6. The number of methoxy groups -OCH3 is 1. The standard InChI is InChI=1S/C26H18BrCl3N2O5S/c1-36-21-10-14(9-16(27)24(21)37-13-23(33)31-20-8-3-2-5-19(20)30)11-22-25(34)32(26(35)38-22)12-15-17(28)6-4-7-18(15)29/h2-11H,12-13H2,1H3,(H,31,33)/b22-11-. The van der Waals surface area contributed by atoms with Crippen LogP contribution < -0.4 is 14.8 Å². The van der Waals surface area contributed by atoms with E-state index in [0.717, 1.165) is 16.7 Å². The molecule has 0 bridgehead atoms. The molecule has 0 radical (unpaired) electrons. The molecule has 1 heterocycles. The van der Waals surface area contributed by atoms with Crippen LogP contribution in [0.2, 0.25) is 15.1 Å². The number of thioether (sulfide) groups is 1. The van der Waals surface area contributed by atoms with E-state index in [1.165, 1.54) is 7.11 Å². The fourth-order valence-electron chi connectivity index (χ4n) is 3.48. The topological polar surface area (TPSA) is 84.9 Å². The number of halogens is 4. The van der Waals surface area contributed by atoms with Crippen LogP contribution in [0.4, 0.5) is 10.5 Å². The van der Waals surface area contributed by atoms with E-state index in [-0.39, 0.29) is 18.1 Å². The van der Waals surface area contributed by atoms with Gasteiger partial charge in [-0.1, -0.05) is 53.0 Å². The number of amides is 3. The molecule has 1 saturated heterocycles. The normalized spacial score (nSPS) is 14.2. The van der Waals surface area contributed by atoms with Gasteiger partial charge in [0, 0.05) is 15.6 Å². The molecular weight excluding hydrogens is 639 g/mol. The van der Waals surface area contributed by atoms with Gasteiger partial charge in [0.1, 0.15) is 0 Å². The molecule has 38 heavy (non-hydrogen) atoms. The van der Waals surface area contributed by atoms with E-state index < -0.39 is 17.1 Å². The first-order chi connectivity index (χ1) is 18.2. The van der Waals surface area contributed by atoms with Crippen LogP contribution in [0.3, 0.4) is 0 Å². The molecule has 0 aromatic heterocycles. The van der Waals surface area contributed by atoms with Gasteiger partial charge in [0.2, 0.25) is 0 Å². The summed E-state index contributed by atoms with van der Waals surface area (Å²) in [4.78, 5) is 39.3. The number of carbonyl (C=O) groups excluding carboxylic acids is 3. The lowest BCUT2D eigenvalue weighted by Crippen LogP contribution is -2.27. The number of hydrogen-bond acceptors (Lipinski definition) is 6. The lowest BCUT2D eigenvalue weighted by Gasteiger charge is -2.15. The van der Waals surface area contributed by atoms with Gasteiger partial charge in [0.05, 0.1) is 33.7 Å². The number of imide groups is 1. The predicted molar refractivity (Wildman–Crippen MR) is 154 cm³/mol. The van der Waals surface area contributed by atoms with E-state index in [1.54, 1.807) is 60.7 Å². The lowest BCUT2D eigenvalue weighted by molar-refractivity contribution is -0.123. The molecule has 1 aliphatic heterocycles. The van der Waals surface area contributed by atoms with Crippen molar-refractivity contribution in [3.63, 3.8) is 0 Å². The molecule has 0 aliphatic carbocycles. The Balaban J connectivity index is 1.49. The van der Waals surface area contributed by atoms with Gasteiger partial charge in [-0.25, -0.2) is 0 Å². The molecule has 196 valence electrons. The molecule has 3 amide bonds. The monoisotopic (exact) mass is 654 g/mol. The highest BCUT2D eigenvalue weighted by Crippen LogP contribution is 2.40. The number of ether oxygens (including phenoxy) is 2. The van der Waals surface area contributed by atoms with Crippen molar-refractivity contribution >= 4 is 91.3 Å². The molecule has 3 aromatic rings. The van der Waals surface area contributed by atoms with Crippen molar-refractivity contribution in [3.8, 4) is 11.5 Å². The van der Waals surface area contributed by atoms with Crippen LogP contribution in [-0.4, -0.2) is 35.7 Å². The number of anilines is 1. The summed E-state index contributed by atoms with van der Waals surface area (Å²) in [5, 5.41) is 3.38. The Morgan fingerprint density at radius 1 is 1.05 bits per heavy atom. The van der Waals surface area contributed by atoms with Gasteiger partial charge in [-0.05, 0) is 75.7 Å². The Morgan fingerprint density at radius 2 is 1.74 bits per heavy atom. The van der Waals surface area contributed by atoms with Crippen molar-refractivity contribution in [1.29, 1.82) is 0 Å². The minimum absolute atomic E-state index is 0.0451. The molecule has 4 rings (SSSR count). The van der Waals surface area contributed by atoms with Crippen LogP contribution in [0, 0.1) is 0 Å². The van der Waals surface area contributed by atoms with Crippen LogP contribution in [0.15, 0.2) is 64.0 Å². The molecule has 0 saturated carbocycles. The second kappa shape index (κ2) is 12.4. The Morgan fingerprint density at radius 3 is 2.42 bits per heavy atom. The molecule has 1 N–H and O–H groups in total. The third-order valence-electron chi connectivity index (χ3n) is 5.30. The zero-order valence-electron chi connectivity index (χ0n) is 19.6. The van der Waals surface area contributed by atoms with Crippen molar-refractivity contribution < 1.29 is 23.9 Å². The maximum atomic E-state index is 13.0. The summed E-state index contributed by atoms with van der Waals surface area (Å²) in [6, 6.07) is 15.1. The highest BCUT2D eigenvalue weighted by atomic mass is 79.9. The van der Waals surface area contributed by atoms with Crippen molar-refractivity contribution in [1.82, 2.24) is 4.90 Å². The van der Waals surface area contributed by atoms with E-state index in [2.05, 4.69) is 21.2 Å². The number of carbonyl (C=O) groups is 3. The SMILES string of the molecule is COc1cc(/C=C2\SC(=O)N(Cc3c(Cl)cccc3Cl)C2=O)cc(Br)c1OCC(=O)Nc1ccccc1Cl. The zero-order valence-corrected chi connectivity index (χ0v) is 24.3. The van der Waals surface area contributed by atoms with E-state index in [0.29, 0.717) is 47.9 Å². The van der Waals surface area contributed by atoms with Gasteiger partial charge in [0.25, 0.3) is 17.1 Å². The molecular formula is C26H18BrCl3N2O5S.